The Kier molecular flexibility index (Phi) is 3.30. The highest BCUT2D eigenvalue weighted by molar-refractivity contribution is 5.96. The van der Waals surface area contributed by atoms with Gasteiger partial charge in [-0.05, 0) is 44.2 Å². The molecule has 1 amide bonds. The molecule has 2 N–H and O–H groups in total. The number of nitrogens with one attached hydrogen (secondary N) is 2. The van der Waals surface area contributed by atoms with Crippen molar-refractivity contribution in [3.8, 4) is 0 Å². The molecule has 0 fully saturated rings. The minimum absolute atomic E-state index is 0.0156. The highest BCUT2D eigenvalue weighted by Gasteiger charge is 2.22. The molecule has 20 heavy (non-hydrogen) atoms. The number of nitrogens with zero attached hydrogens (tertiary/aromatic N) is 1. The van der Waals surface area contributed by atoms with Gasteiger partial charge in [0.2, 0.25) is 0 Å². The number of aromatic nitrogens is 2. The molecule has 0 bridgehead atoms. The van der Waals surface area contributed by atoms with Gasteiger partial charge in [0.1, 0.15) is 0 Å². The van der Waals surface area contributed by atoms with Crippen LogP contribution in [0, 0.1) is 13.8 Å². The van der Waals surface area contributed by atoms with Crippen LogP contribution in [0.15, 0.2) is 24.3 Å². The summed E-state index contributed by atoms with van der Waals surface area (Å²) in [4.78, 5) is 12.4. The van der Waals surface area contributed by atoms with Gasteiger partial charge >= 0.3 is 0 Å². The Morgan fingerprint density at radius 1 is 1.30 bits per heavy atom. The quantitative estimate of drug-likeness (QED) is 0.879. The number of carbonyl (C=O) groups is 1. The van der Waals surface area contributed by atoms with Crippen LogP contribution in [-0.2, 0) is 12.8 Å². The zero-order valence-electron chi connectivity index (χ0n) is 11.9. The number of fused-ring (bicyclic) bond motifs is 1. The van der Waals surface area contributed by atoms with Gasteiger partial charge < -0.3 is 5.32 Å². The first-order valence-electron chi connectivity index (χ1n) is 7.04. The number of amides is 1. The number of H-pyrrole nitrogens is 1. The molecular weight excluding hydrogens is 250 g/mol. The summed E-state index contributed by atoms with van der Waals surface area (Å²) in [5.41, 5.74) is 5.04. The lowest BCUT2D eigenvalue weighted by Gasteiger charge is -2.25. The van der Waals surface area contributed by atoms with E-state index in [1.54, 1.807) is 0 Å². The second-order valence-corrected chi connectivity index (χ2v) is 5.49. The monoisotopic (exact) mass is 269 g/mol. The van der Waals surface area contributed by atoms with E-state index in [4.69, 9.17) is 0 Å². The molecule has 0 saturated heterocycles. The minimum atomic E-state index is -0.0156. The zero-order chi connectivity index (χ0) is 14.1. The number of hydrogen-bond donors (Lipinski definition) is 2. The van der Waals surface area contributed by atoms with Gasteiger partial charge in [0.15, 0.2) is 0 Å². The Labute approximate surface area is 118 Å². The largest absolute Gasteiger partial charge is 0.349 e. The summed E-state index contributed by atoms with van der Waals surface area (Å²) in [5, 5.41) is 10.1. The van der Waals surface area contributed by atoms with Crippen molar-refractivity contribution in [1.29, 1.82) is 0 Å². The molecule has 3 rings (SSSR count). The van der Waals surface area contributed by atoms with Gasteiger partial charge in [-0.15, -0.1) is 0 Å². The molecule has 1 aliphatic carbocycles. The zero-order valence-corrected chi connectivity index (χ0v) is 11.9. The average Bonchev–Trinajstić information content (AvgIpc) is 2.78. The summed E-state index contributed by atoms with van der Waals surface area (Å²) in [6.07, 6.45) is 2.95. The second-order valence-electron chi connectivity index (χ2n) is 5.49. The fraction of sp³-hybridized carbons (Fsp3) is 0.375. The molecule has 4 heteroatoms. The van der Waals surface area contributed by atoms with Crippen molar-refractivity contribution in [1.82, 2.24) is 15.5 Å². The summed E-state index contributed by atoms with van der Waals surface area (Å²) < 4.78 is 0. The summed E-state index contributed by atoms with van der Waals surface area (Å²) >= 11 is 0. The van der Waals surface area contributed by atoms with Gasteiger partial charge in [0, 0.05) is 11.7 Å². The molecule has 1 aliphatic rings. The number of carbonyl (C=O) groups excluding carboxylic acids is 1. The summed E-state index contributed by atoms with van der Waals surface area (Å²) in [6.45, 7) is 3.74. The molecule has 0 radical (unpaired) electrons. The Morgan fingerprint density at radius 3 is 2.75 bits per heavy atom. The molecule has 1 atom stereocenters. The van der Waals surface area contributed by atoms with E-state index in [1.807, 2.05) is 13.8 Å². The fourth-order valence-electron chi connectivity index (χ4n) is 2.96. The fourth-order valence-corrected chi connectivity index (χ4v) is 2.96. The number of aryl methyl sites for hydroxylation is 3. The van der Waals surface area contributed by atoms with Crippen LogP contribution in [-0.4, -0.2) is 22.1 Å². The predicted molar refractivity (Wildman–Crippen MR) is 77.8 cm³/mol. The van der Waals surface area contributed by atoms with E-state index in [1.165, 1.54) is 11.1 Å². The predicted octanol–water partition coefficient (Wildman–Crippen LogP) is 2.31. The minimum Gasteiger partial charge on any atom is -0.349 e. The van der Waals surface area contributed by atoms with Crippen LogP contribution in [0.5, 0.6) is 0 Å². The topological polar surface area (TPSA) is 57.8 Å². The lowest BCUT2D eigenvalue weighted by molar-refractivity contribution is 0.0932. The Hall–Kier alpha value is -2.10. The van der Waals surface area contributed by atoms with Gasteiger partial charge in [-0.2, -0.15) is 5.10 Å². The van der Waals surface area contributed by atoms with E-state index in [2.05, 4.69) is 39.8 Å². The SMILES string of the molecule is Cc1n[nH]c(C)c1C(=O)N[C@H]1CCc2ccccc2C1. The molecule has 2 aromatic rings. The highest BCUT2D eigenvalue weighted by Crippen LogP contribution is 2.21. The summed E-state index contributed by atoms with van der Waals surface area (Å²) in [6, 6.07) is 8.69. The molecule has 1 aromatic heterocycles. The molecular formula is C16H19N3O. The van der Waals surface area contributed by atoms with Gasteiger partial charge in [0.05, 0.1) is 11.3 Å². The van der Waals surface area contributed by atoms with Crippen LogP contribution in [0.3, 0.4) is 0 Å². The van der Waals surface area contributed by atoms with E-state index in [0.717, 1.165) is 30.7 Å². The van der Waals surface area contributed by atoms with Gasteiger partial charge in [0.25, 0.3) is 5.91 Å². The molecule has 0 saturated carbocycles. The van der Waals surface area contributed by atoms with Crippen molar-refractivity contribution >= 4 is 5.91 Å². The Morgan fingerprint density at radius 2 is 2.05 bits per heavy atom. The third-order valence-electron chi connectivity index (χ3n) is 4.04. The molecule has 0 spiro atoms. The van der Waals surface area contributed by atoms with Crippen LogP contribution in [0.1, 0.15) is 39.3 Å². The Balaban J connectivity index is 1.73. The van der Waals surface area contributed by atoms with Gasteiger partial charge in [-0.1, -0.05) is 24.3 Å². The lowest BCUT2D eigenvalue weighted by atomic mass is 9.88. The maximum atomic E-state index is 12.4. The number of benzene rings is 1. The standard InChI is InChI=1S/C16H19N3O/c1-10-15(11(2)19-18-10)16(20)17-14-8-7-12-5-3-4-6-13(12)9-14/h3-6,14H,7-9H2,1-2H3,(H,17,20)(H,18,19)/t14-/m0/s1. The van der Waals surface area contributed by atoms with Crippen LogP contribution in [0.4, 0.5) is 0 Å². The molecule has 1 heterocycles. The van der Waals surface area contributed by atoms with Crippen LogP contribution in [0.25, 0.3) is 0 Å². The first kappa shape index (κ1) is 12.9. The van der Waals surface area contributed by atoms with E-state index < -0.39 is 0 Å². The summed E-state index contributed by atoms with van der Waals surface area (Å²) in [7, 11) is 0. The molecule has 4 nitrogen and oxygen atoms in total. The maximum Gasteiger partial charge on any atom is 0.255 e. The second kappa shape index (κ2) is 5.12. The van der Waals surface area contributed by atoms with Crippen LogP contribution < -0.4 is 5.32 Å². The first-order chi connectivity index (χ1) is 9.65. The van der Waals surface area contributed by atoms with Crippen molar-refractivity contribution in [3.05, 3.63) is 52.3 Å². The van der Waals surface area contributed by atoms with Crippen molar-refractivity contribution < 1.29 is 4.79 Å². The van der Waals surface area contributed by atoms with E-state index >= 15 is 0 Å². The highest BCUT2D eigenvalue weighted by atomic mass is 16.1. The van der Waals surface area contributed by atoms with Crippen LogP contribution in [0.2, 0.25) is 0 Å². The molecule has 0 unspecified atom stereocenters. The van der Waals surface area contributed by atoms with Gasteiger partial charge in [-0.25, -0.2) is 0 Å². The third-order valence-corrected chi connectivity index (χ3v) is 4.04. The lowest BCUT2D eigenvalue weighted by Crippen LogP contribution is -2.39. The molecule has 1 aromatic carbocycles. The number of hydrogen-bond acceptors (Lipinski definition) is 2. The van der Waals surface area contributed by atoms with E-state index in [-0.39, 0.29) is 11.9 Å². The van der Waals surface area contributed by atoms with E-state index in [9.17, 15) is 4.79 Å². The molecule has 0 aliphatic heterocycles. The van der Waals surface area contributed by atoms with Crippen molar-refractivity contribution in [2.75, 3.05) is 0 Å². The molecule has 104 valence electrons. The van der Waals surface area contributed by atoms with Crippen molar-refractivity contribution in [2.24, 2.45) is 0 Å². The Bertz CT molecular complexity index is 625. The van der Waals surface area contributed by atoms with Crippen molar-refractivity contribution in [2.45, 2.75) is 39.2 Å². The normalized spacial score (nSPS) is 17.6. The smallest absolute Gasteiger partial charge is 0.255 e. The maximum absolute atomic E-state index is 12.4. The van der Waals surface area contributed by atoms with E-state index in [0.29, 0.717) is 5.56 Å². The van der Waals surface area contributed by atoms with Gasteiger partial charge in [-0.3, -0.25) is 9.89 Å². The van der Waals surface area contributed by atoms with Crippen LogP contribution >= 0.6 is 0 Å². The first-order valence-corrected chi connectivity index (χ1v) is 7.04. The number of rotatable bonds is 2. The average molecular weight is 269 g/mol. The van der Waals surface area contributed by atoms with Crippen molar-refractivity contribution in [3.63, 3.8) is 0 Å². The number of aromatic amines is 1. The third kappa shape index (κ3) is 2.33. The summed E-state index contributed by atoms with van der Waals surface area (Å²) in [5.74, 6) is -0.0156.